The van der Waals surface area contributed by atoms with E-state index in [1.807, 2.05) is 30.3 Å². The lowest BCUT2D eigenvalue weighted by Gasteiger charge is -2.11. The van der Waals surface area contributed by atoms with Crippen molar-refractivity contribution in [1.29, 1.82) is 0 Å². The third kappa shape index (κ3) is 1.42. The van der Waals surface area contributed by atoms with Gasteiger partial charge in [-0.3, -0.25) is 0 Å². The topological polar surface area (TPSA) is 44.8 Å². The van der Waals surface area contributed by atoms with E-state index in [2.05, 4.69) is 5.32 Å². The van der Waals surface area contributed by atoms with Crippen molar-refractivity contribution in [1.82, 2.24) is 0 Å². The van der Waals surface area contributed by atoms with Gasteiger partial charge in [0.15, 0.2) is 5.72 Å². The predicted molar refractivity (Wildman–Crippen MR) is 45.8 cm³/mol. The van der Waals surface area contributed by atoms with E-state index in [0.29, 0.717) is 6.61 Å². The number of nitrogens with one attached hydrogen (secondary N) is 1. The molecule has 0 bridgehead atoms. The lowest BCUT2D eigenvalue weighted by Crippen LogP contribution is -2.27. The predicted octanol–water partition coefficient (Wildman–Crippen LogP) is 0.817. The number of epoxide rings is 1. The Morgan fingerprint density at radius 2 is 2.08 bits per heavy atom. The van der Waals surface area contributed by atoms with E-state index in [4.69, 9.17) is 9.84 Å². The maximum atomic E-state index is 8.93. The first-order chi connectivity index (χ1) is 5.85. The number of hydrogen-bond donors (Lipinski definition) is 2. The summed E-state index contributed by atoms with van der Waals surface area (Å²) in [6, 6.07) is 9.72. The maximum absolute atomic E-state index is 8.93. The highest BCUT2D eigenvalue weighted by atomic mass is 16.6. The zero-order valence-corrected chi connectivity index (χ0v) is 6.66. The molecule has 0 unspecified atom stereocenters. The third-order valence-corrected chi connectivity index (χ3v) is 1.89. The fourth-order valence-corrected chi connectivity index (χ4v) is 1.07. The van der Waals surface area contributed by atoms with Crippen LogP contribution in [0.25, 0.3) is 0 Å². The summed E-state index contributed by atoms with van der Waals surface area (Å²) < 4.78 is 5.09. The second kappa shape index (κ2) is 2.77. The maximum Gasteiger partial charge on any atom is 0.185 e. The van der Waals surface area contributed by atoms with Gasteiger partial charge in [-0.2, -0.15) is 0 Å². The molecule has 1 heterocycles. The van der Waals surface area contributed by atoms with E-state index in [9.17, 15) is 0 Å². The van der Waals surface area contributed by atoms with Gasteiger partial charge >= 0.3 is 0 Å². The Kier molecular flexibility index (Phi) is 1.75. The fraction of sp³-hybridized carbons (Fsp3) is 0.333. The van der Waals surface area contributed by atoms with Gasteiger partial charge in [-0.05, 0) is 12.1 Å². The third-order valence-electron chi connectivity index (χ3n) is 1.89. The van der Waals surface area contributed by atoms with Gasteiger partial charge in [0, 0.05) is 5.69 Å². The van der Waals surface area contributed by atoms with Gasteiger partial charge in [0.1, 0.15) is 0 Å². The van der Waals surface area contributed by atoms with Crippen molar-refractivity contribution in [3.05, 3.63) is 30.3 Å². The van der Waals surface area contributed by atoms with E-state index in [1.54, 1.807) is 0 Å². The molecule has 1 aromatic rings. The van der Waals surface area contributed by atoms with E-state index in [0.717, 1.165) is 5.69 Å². The highest BCUT2D eigenvalue weighted by Gasteiger charge is 2.44. The van der Waals surface area contributed by atoms with Crippen LogP contribution in [0.2, 0.25) is 0 Å². The molecule has 1 fully saturated rings. The van der Waals surface area contributed by atoms with Crippen molar-refractivity contribution in [3.8, 4) is 0 Å². The molecule has 1 aliphatic heterocycles. The highest BCUT2D eigenvalue weighted by molar-refractivity contribution is 5.45. The minimum Gasteiger partial charge on any atom is -0.391 e. The number of ether oxygens (including phenoxy) is 1. The average molecular weight is 165 g/mol. The van der Waals surface area contributed by atoms with Crippen LogP contribution in [0.3, 0.4) is 0 Å². The number of rotatable bonds is 3. The molecule has 2 rings (SSSR count). The largest absolute Gasteiger partial charge is 0.391 e. The fourth-order valence-electron chi connectivity index (χ4n) is 1.07. The smallest absolute Gasteiger partial charge is 0.185 e. The van der Waals surface area contributed by atoms with E-state index < -0.39 is 5.72 Å². The number of aliphatic hydroxyl groups is 1. The van der Waals surface area contributed by atoms with E-state index in [-0.39, 0.29) is 6.61 Å². The molecule has 0 radical (unpaired) electrons. The first-order valence-corrected chi connectivity index (χ1v) is 3.93. The Morgan fingerprint density at radius 1 is 1.42 bits per heavy atom. The molecule has 12 heavy (non-hydrogen) atoms. The monoisotopic (exact) mass is 165 g/mol. The first-order valence-electron chi connectivity index (χ1n) is 3.93. The minimum atomic E-state index is -0.499. The summed E-state index contributed by atoms with van der Waals surface area (Å²) in [5, 5.41) is 12.0. The van der Waals surface area contributed by atoms with Gasteiger partial charge in [0.05, 0.1) is 13.2 Å². The van der Waals surface area contributed by atoms with Crippen molar-refractivity contribution >= 4 is 5.69 Å². The number of benzene rings is 1. The molecule has 1 aromatic carbocycles. The quantitative estimate of drug-likeness (QED) is 0.652. The molecule has 1 atom stereocenters. The van der Waals surface area contributed by atoms with Crippen molar-refractivity contribution in [3.63, 3.8) is 0 Å². The van der Waals surface area contributed by atoms with Crippen LogP contribution in [0.4, 0.5) is 5.69 Å². The molecule has 0 spiro atoms. The molecule has 1 aliphatic rings. The molecule has 3 nitrogen and oxygen atoms in total. The molecular formula is C9H11NO2. The zero-order chi connectivity index (χ0) is 8.44. The molecule has 64 valence electrons. The van der Waals surface area contributed by atoms with E-state index >= 15 is 0 Å². The van der Waals surface area contributed by atoms with Gasteiger partial charge in [-0.25, -0.2) is 0 Å². The summed E-state index contributed by atoms with van der Waals surface area (Å²) in [7, 11) is 0. The average Bonchev–Trinajstić information content (AvgIpc) is 2.88. The molecule has 0 aliphatic carbocycles. The minimum absolute atomic E-state index is 0.0158. The van der Waals surface area contributed by atoms with Crippen molar-refractivity contribution in [2.45, 2.75) is 5.72 Å². The standard InChI is InChI=1S/C9H11NO2/c11-6-9(7-12-9)10-8-4-2-1-3-5-8/h1-5,10-11H,6-7H2/t9-/m1/s1. The van der Waals surface area contributed by atoms with E-state index in [1.165, 1.54) is 0 Å². The molecule has 0 amide bonds. The Labute approximate surface area is 71.0 Å². The Hall–Kier alpha value is -1.06. The van der Waals surface area contributed by atoms with Crippen molar-refractivity contribution in [2.24, 2.45) is 0 Å². The summed E-state index contributed by atoms with van der Waals surface area (Å²) in [5.74, 6) is 0. The number of hydrogen-bond acceptors (Lipinski definition) is 3. The van der Waals surface area contributed by atoms with Crippen LogP contribution in [0.15, 0.2) is 30.3 Å². The highest BCUT2D eigenvalue weighted by Crippen LogP contribution is 2.27. The second-order valence-electron chi connectivity index (χ2n) is 2.93. The van der Waals surface area contributed by atoms with Crippen LogP contribution in [0.1, 0.15) is 0 Å². The summed E-state index contributed by atoms with van der Waals surface area (Å²) in [6.45, 7) is 0.598. The SMILES string of the molecule is OC[C@]1(Nc2ccccc2)CO1. The van der Waals surface area contributed by atoms with Crippen molar-refractivity contribution < 1.29 is 9.84 Å². The van der Waals surface area contributed by atoms with Gasteiger partial charge in [0.25, 0.3) is 0 Å². The number of aliphatic hydroxyl groups excluding tert-OH is 1. The van der Waals surface area contributed by atoms with Gasteiger partial charge < -0.3 is 15.2 Å². The molecule has 3 heteroatoms. The molecule has 0 saturated carbocycles. The number of anilines is 1. The van der Waals surface area contributed by atoms with Crippen LogP contribution < -0.4 is 5.32 Å². The van der Waals surface area contributed by atoms with Gasteiger partial charge in [0.2, 0.25) is 0 Å². The molecule has 2 N–H and O–H groups in total. The van der Waals surface area contributed by atoms with Crippen LogP contribution >= 0.6 is 0 Å². The summed E-state index contributed by atoms with van der Waals surface area (Å²) in [5.41, 5.74) is 0.477. The van der Waals surface area contributed by atoms with Gasteiger partial charge in [-0.1, -0.05) is 18.2 Å². The van der Waals surface area contributed by atoms with Crippen molar-refractivity contribution in [2.75, 3.05) is 18.5 Å². The molecule has 0 aromatic heterocycles. The summed E-state index contributed by atoms with van der Waals surface area (Å²) >= 11 is 0. The molecule has 1 saturated heterocycles. The zero-order valence-electron chi connectivity index (χ0n) is 6.66. The van der Waals surface area contributed by atoms with Crippen LogP contribution in [0, 0.1) is 0 Å². The molecular weight excluding hydrogens is 154 g/mol. The van der Waals surface area contributed by atoms with Crippen LogP contribution in [0.5, 0.6) is 0 Å². The van der Waals surface area contributed by atoms with Gasteiger partial charge in [-0.15, -0.1) is 0 Å². The first kappa shape index (κ1) is 7.58. The normalized spacial score (nSPS) is 26.8. The summed E-state index contributed by atoms with van der Waals surface area (Å²) in [6.07, 6.45) is 0. The Bertz CT molecular complexity index is 256. The lowest BCUT2D eigenvalue weighted by atomic mass is 10.3. The lowest BCUT2D eigenvalue weighted by molar-refractivity contribution is 0.191. The summed E-state index contributed by atoms with van der Waals surface area (Å²) in [4.78, 5) is 0. The Morgan fingerprint density at radius 3 is 2.58 bits per heavy atom. The van der Waals surface area contributed by atoms with Crippen LogP contribution in [-0.2, 0) is 4.74 Å². The second-order valence-corrected chi connectivity index (χ2v) is 2.93. The Balaban J connectivity index is 2.04. The van der Waals surface area contributed by atoms with Crippen LogP contribution in [-0.4, -0.2) is 24.0 Å². The number of para-hydroxylation sites is 1.